The van der Waals surface area contributed by atoms with Gasteiger partial charge in [0, 0.05) is 18.6 Å². The number of nitrogens with one attached hydrogen (secondary N) is 1. The molecular weight excluding hydrogens is 312 g/mol. The molecule has 0 spiro atoms. The molecule has 23 heavy (non-hydrogen) atoms. The van der Waals surface area contributed by atoms with Crippen LogP contribution in [0.5, 0.6) is 0 Å². The third kappa shape index (κ3) is 4.70. The zero-order valence-corrected chi connectivity index (χ0v) is 15.1. The van der Waals surface area contributed by atoms with E-state index in [4.69, 9.17) is 0 Å². The van der Waals surface area contributed by atoms with E-state index in [1.165, 1.54) is 16.7 Å². The largest absolute Gasteiger partial charge is 0.335 e. The van der Waals surface area contributed by atoms with Crippen molar-refractivity contribution in [3.8, 4) is 0 Å². The molecule has 1 aromatic carbocycles. The minimum absolute atomic E-state index is 0.00496. The fraction of sp³-hybridized carbons (Fsp3) is 0.588. The average Bonchev–Trinajstić information content (AvgIpc) is 2.40. The number of sulfone groups is 1. The standard InChI is InChI=1S/C17H26N2O3S/c1-12-5-6-16(13(2)9-12)10-14(3)18-17(20)19-7-8-23(21,22)11-15(19)4/h5-6,9,14-15H,7-8,10-11H2,1-4H3,(H,18,20). The van der Waals surface area contributed by atoms with Crippen LogP contribution in [0.25, 0.3) is 0 Å². The fourth-order valence-corrected chi connectivity index (χ4v) is 4.61. The van der Waals surface area contributed by atoms with Crippen molar-refractivity contribution in [2.24, 2.45) is 0 Å². The lowest BCUT2D eigenvalue weighted by atomic mass is 10.00. The van der Waals surface area contributed by atoms with Crippen molar-refractivity contribution in [1.82, 2.24) is 10.2 Å². The summed E-state index contributed by atoms with van der Waals surface area (Å²) in [6, 6.07) is 5.86. The lowest BCUT2D eigenvalue weighted by molar-refractivity contribution is 0.182. The third-order valence-electron chi connectivity index (χ3n) is 4.33. The number of nitrogens with zero attached hydrogens (tertiary/aromatic N) is 1. The van der Waals surface area contributed by atoms with Crippen LogP contribution in [0.15, 0.2) is 18.2 Å². The zero-order chi connectivity index (χ0) is 17.2. The Balaban J connectivity index is 1.94. The van der Waals surface area contributed by atoms with Crippen LogP contribution < -0.4 is 5.32 Å². The second-order valence-corrected chi connectivity index (χ2v) is 8.87. The first-order chi connectivity index (χ1) is 10.7. The minimum atomic E-state index is -3.01. The molecule has 1 heterocycles. The Hall–Kier alpha value is -1.56. The van der Waals surface area contributed by atoms with E-state index in [1.807, 2.05) is 6.92 Å². The van der Waals surface area contributed by atoms with Crippen molar-refractivity contribution in [2.45, 2.75) is 46.2 Å². The molecule has 5 nitrogen and oxygen atoms in total. The lowest BCUT2D eigenvalue weighted by Gasteiger charge is -2.34. The molecule has 1 N–H and O–H groups in total. The monoisotopic (exact) mass is 338 g/mol. The lowest BCUT2D eigenvalue weighted by Crippen LogP contribution is -2.54. The van der Waals surface area contributed by atoms with Crippen LogP contribution in [0.4, 0.5) is 4.79 Å². The first kappa shape index (κ1) is 17.8. The van der Waals surface area contributed by atoms with Gasteiger partial charge >= 0.3 is 6.03 Å². The summed E-state index contributed by atoms with van der Waals surface area (Å²) in [5, 5.41) is 2.99. The Kier molecular flexibility index (Phi) is 5.34. The van der Waals surface area contributed by atoms with Crippen molar-refractivity contribution in [1.29, 1.82) is 0 Å². The van der Waals surface area contributed by atoms with Gasteiger partial charge in [-0.25, -0.2) is 13.2 Å². The molecule has 0 aliphatic carbocycles. The molecule has 6 heteroatoms. The van der Waals surface area contributed by atoms with Crippen LogP contribution in [0.3, 0.4) is 0 Å². The summed E-state index contributed by atoms with van der Waals surface area (Å²) in [6.45, 7) is 8.17. The number of amides is 2. The molecule has 2 amide bonds. The van der Waals surface area contributed by atoms with E-state index in [2.05, 4.69) is 37.4 Å². The number of hydrogen-bond donors (Lipinski definition) is 1. The highest BCUT2D eigenvalue weighted by Crippen LogP contribution is 2.14. The Morgan fingerprint density at radius 3 is 2.70 bits per heavy atom. The first-order valence-electron chi connectivity index (χ1n) is 8.01. The molecule has 2 rings (SSSR count). The van der Waals surface area contributed by atoms with Gasteiger partial charge in [-0.05, 0) is 45.2 Å². The third-order valence-corrected chi connectivity index (χ3v) is 6.12. The second-order valence-electron chi connectivity index (χ2n) is 6.64. The van der Waals surface area contributed by atoms with Crippen LogP contribution in [0.1, 0.15) is 30.5 Å². The number of rotatable bonds is 3. The second kappa shape index (κ2) is 6.91. The van der Waals surface area contributed by atoms with Gasteiger partial charge in [-0.2, -0.15) is 0 Å². The highest BCUT2D eigenvalue weighted by molar-refractivity contribution is 7.91. The van der Waals surface area contributed by atoms with E-state index < -0.39 is 9.84 Å². The zero-order valence-electron chi connectivity index (χ0n) is 14.3. The van der Waals surface area contributed by atoms with E-state index in [0.717, 1.165) is 6.42 Å². The predicted octanol–water partition coefficient (Wildman–Crippen LogP) is 2.06. The molecule has 1 aromatic rings. The van der Waals surface area contributed by atoms with E-state index in [0.29, 0.717) is 0 Å². The fourth-order valence-electron chi connectivity index (χ4n) is 3.05. The maximum Gasteiger partial charge on any atom is 0.317 e. The van der Waals surface area contributed by atoms with E-state index in [1.54, 1.807) is 11.8 Å². The Morgan fingerprint density at radius 2 is 2.09 bits per heavy atom. The number of carbonyl (C=O) groups is 1. The van der Waals surface area contributed by atoms with Crippen molar-refractivity contribution in [3.05, 3.63) is 34.9 Å². The van der Waals surface area contributed by atoms with Crippen molar-refractivity contribution >= 4 is 15.9 Å². The van der Waals surface area contributed by atoms with E-state index in [-0.39, 0.29) is 36.2 Å². The summed E-state index contributed by atoms with van der Waals surface area (Å²) in [6.07, 6.45) is 0.762. The normalized spacial score (nSPS) is 21.7. The summed E-state index contributed by atoms with van der Waals surface area (Å²) in [5.41, 5.74) is 3.67. The molecule has 0 bridgehead atoms. The van der Waals surface area contributed by atoms with Crippen LogP contribution in [-0.4, -0.2) is 49.5 Å². The molecule has 1 saturated heterocycles. The van der Waals surface area contributed by atoms with E-state index >= 15 is 0 Å². The molecule has 128 valence electrons. The minimum Gasteiger partial charge on any atom is -0.335 e. The van der Waals surface area contributed by atoms with Crippen molar-refractivity contribution in [3.63, 3.8) is 0 Å². The molecular formula is C17H26N2O3S. The molecule has 2 atom stereocenters. The topological polar surface area (TPSA) is 66.5 Å². The number of carbonyl (C=O) groups excluding carboxylic acids is 1. The van der Waals surface area contributed by atoms with Crippen LogP contribution in [0, 0.1) is 13.8 Å². The summed E-state index contributed by atoms with van der Waals surface area (Å²) >= 11 is 0. The Morgan fingerprint density at radius 1 is 1.39 bits per heavy atom. The van der Waals surface area contributed by atoms with Crippen LogP contribution in [0.2, 0.25) is 0 Å². The number of benzene rings is 1. The summed E-state index contributed by atoms with van der Waals surface area (Å²) in [5.74, 6) is 0.0993. The average molecular weight is 338 g/mol. The van der Waals surface area contributed by atoms with Crippen LogP contribution >= 0.6 is 0 Å². The molecule has 1 fully saturated rings. The number of urea groups is 1. The van der Waals surface area contributed by atoms with Crippen molar-refractivity contribution in [2.75, 3.05) is 18.1 Å². The van der Waals surface area contributed by atoms with Crippen LogP contribution in [-0.2, 0) is 16.3 Å². The Bertz CT molecular complexity index is 685. The molecule has 1 aliphatic rings. The quantitative estimate of drug-likeness (QED) is 0.917. The summed E-state index contributed by atoms with van der Waals surface area (Å²) in [7, 11) is -3.01. The van der Waals surface area contributed by atoms with Gasteiger partial charge in [0.05, 0.1) is 11.5 Å². The van der Waals surface area contributed by atoms with Gasteiger partial charge in [0.2, 0.25) is 0 Å². The number of aryl methyl sites for hydroxylation is 2. The Labute approximate surface area is 139 Å². The molecule has 0 radical (unpaired) electrons. The van der Waals surface area contributed by atoms with Gasteiger partial charge in [-0.1, -0.05) is 23.8 Å². The SMILES string of the molecule is Cc1ccc(CC(C)NC(=O)N2CCS(=O)(=O)CC2C)c(C)c1. The van der Waals surface area contributed by atoms with E-state index in [9.17, 15) is 13.2 Å². The van der Waals surface area contributed by atoms with Gasteiger partial charge in [0.1, 0.15) is 0 Å². The molecule has 1 aliphatic heterocycles. The molecule has 0 saturated carbocycles. The number of hydrogen-bond acceptors (Lipinski definition) is 3. The highest BCUT2D eigenvalue weighted by atomic mass is 32.2. The van der Waals surface area contributed by atoms with Gasteiger partial charge in [0.15, 0.2) is 9.84 Å². The van der Waals surface area contributed by atoms with Gasteiger partial charge in [-0.3, -0.25) is 0 Å². The molecule has 0 aromatic heterocycles. The maximum atomic E-state index is 12.4. The predicted molar refractivity (Wildman–Crippen MR) is 92.4 cm³/mol. The summed E-state index contributed by atoms with van der Waals surface area (Å²) in [4.78, 5) is 14.0. The smallest absolute Gasteiger partial charge is 0.317 e. The first-order valence-corrected chi connectivity index (χ1v) is 9.84. The van der Waals surface area contributed by atoms with Crippen molar-refractivity contribution < 1.29 is 13.2 Å². The van der Waals surface area contributed by atoms with Gasteiger partial charge in [-0.15, -0.1) is 0 Å². The van der Waals surface area contributed by atoms with Gasteiger partial charge in [0.25, 0.3) is 0 Å². The molecule has 2 unspecified atom stereocenters. The highest BCUT2D eigenvalue weighted by Gasteiger charge is 2.31. The summed E-state index contributed by atoms with van der Waals surface area (Å²) < 4.78 is 23.2. The van der Waals surface area contributed by atoms with Gasteiger partial charge < -0.3 is 10.2 Å². The maximum absolute atomic E-state index is 12.4.